The number of phenolic OH excluding ortho intramolecular Hbond substituents is 1. The lowest BCUT2D eigenvalue weighted by molar-refractivity contribution is 0.0678. The lowest BCUT2D eigenvalue weighted by Crippen LogP contribution is -2.26. The molecule has 6 nitrogen and oxygen atoms in total. The largest absolute Gasteiger partial charge is 0.508 e. The van der Waals surface area contributed by atoms with Crippen LogP contribution in [0.25, 0.3) is 0 Å². The Hall–Kier alpha value is -3.28. The summed E-state index contributed by atoms with van der Waals surface area (Å²) in [6.45, 7) is 0. The van der Waals surface area contributed by atoms with E-state index in [4.69, 9.17) is 8.83 Å². The van der Waals surface area contributed by atoms with Crippen LogP contribution in [0.3, 0.4) is 0 Å². The highest BCUT2D eigenvalue weighted by atomic mass is 16.3. The molecular weight excluding hydrogens is 308 g/mol. The number of carbonyl (C=O) groups excluding carboxylic acids is 1. The minimum absolute atomic E-state index is 0.174. The third kappa shape index (κ3) is 2.48. The number of hydrogen-bond donors (Lipinski definition) is 1. The van der Waals surface area contributed by atoms with Gasteiger partial charge >= 0.3 is 5.91 Å². The number of nitrogens with zero attached hydrogens (tertiary/aromatic N) is 2. The van der Waals surface area contributed by atoms with Crippen molar-refractivity contribution in [2.45, 2.75) is 12.5 Å². The van der Waals surface area contributed by atoms with Crippen LogP contribution in [0, 0.1) is 0 Å². The summed E-state index contributed by atoms with van der Waals surface area (Å²) in [5, 5.41) is 15.3. The van der Waals surface area contributed by atoms with E-state index in [9.17, 15) is 9.90 Å². The molecule has 1 N–H and O–H groups in total. The first-order valence-corrected chi connectivity index (χ1v) is 7.50. The number of furan rings is 2. The van der Waals surface area contributed by atoms with Gasteiger partial charge in [-0.1, -0.05) is 12.1 Å². The molecule has 0 aliphatic carbocycles. The van der Waals surface area contributed by atoms with Crippen molar-refractivity contribution < 1.29 is 18.7 Å². The van der Waals surface area contributed by atoms with Crippen molar-refractivity contribution in [1.29, 1.82) is 0 Å². The molecule has 3 heterocycles. The number of hydrazone groups is 1. The molecule has 1 unspecified atom stereocenters. The Balaban J connectivity index is 1.72. The van der Waals surface area contributed by atoms with E-state index in [1.54, 1.807) is 48.7 Å². The second-order valence-electron chi connectivity index (χ2n) is 5.46. The Labute approximate surface area is 137 Å². The number of aromatic hydroxyl groups is 1. The summed E-state index contributed by atoms with van der Waals surface area (Å²) in [6.07, 6.45) is 3.55. The number of carbonyl (C=O) groups is 1. The Morgan fingerprint density at radius 1 is 1.08 bits per heavy atom. The lowest BCUT2D eigenvalue weighted by Gasteiger charge is -2.21. The number of benzene rings is 1. The monoisotopic (exact) mass is 322 g/mol. The van der Waals surface area contributed by atoms with E-state index in [1.165, 1.54) is 11.3 Å². The van der Waals surface area contributed by atoms with Crippen LogP contribution in [0.15, 0.2) is 75.0 Å². The van der Waals surface area contributed by atoms with Gasteiger partial charge in [0, 0.05) is 6.42 Å². The van der Waals surface area contributed by atoms with Crippen LogP contribution in [0.1, 0.15) is 34.3 Å². The van der Waals surface area contributed by atoms with Crippen molar-refractivity contribution in [2.24, 2.45) is 5.10 Å². The van der Waals surface area contributed by atoms with Crippen LogP contribution in [-0.4, -0.2) is 21.7 Å². The minimum atomic E-state index is -0.320. The molecule has 0 radical (unpaired) electrons. The van der Waals surface area contributed by atoms with Crippen molar-refractivity contribution in [2.75, 3.05) is 0 Å². The first-order valence-electron chi connectivity index (χ1n) is 7.50. The van der Waals surface area contributed by atoms with Crippen LogP contribution in [0.4, 0.5) is 0 Å². The predicted octanol–water partition coefficient (Wildman–Crippen LogP) is 3.57. The van der Waals surface area contributed by atoms with E-state index < -0.39 is 0 Å². The summed E-state index contributed by atoms with van der Waals surface area (Å²) in [7, 11) is 0. The van der Waals surface area contributed by atoms with Crippen LogP contribution in [-0.2, 0) is 0 Å². The van der Waals surface area contributed by atoms with Crippen LogP contribution in [0.2, 0.25) is 0 Å². The molecule has 0 fully saturated rings. The zero-order valence-corrected chi connectivity index (χ0v) is 12.6. The second-order valence-corrected chi connectivity index (χ2v) is 5.46. The van der Waals surface area contributed by atoms with Gasteiger partial charge in [-0.05, 0) is 42.0 Å². The summed E-state index contributed by atoms with van der Waals surface area (Å²) in [6, 6.07) is 13.3. The van der Waals surface area contributed by atoms with Gasteiger partial charge in [-0.25, -0.2) is 5.01 Å². The molecule has 1 aromatic carbocycles. The highest BCUT2D eigenvalue weighted by Gasteiger charge is 2.35. The van der Waals surface area contributed by atoms with Gasteiger partial charge in [0.1, 0.15) is 17.2 Å². The standard InChI is InChI=1S/C18H14N2O4/c21-13-7-5-12(6-8-13)15-11-14(16-3-1-9-23-16)19-20(15)18(22)17-4-2-10-24-17/h1-10,15,21H,11H2. The molecule has 0 saturated heterocycles. The summed E-state index contributed by atoms with van der Waals surface area (Å²) >= 11 is 0. The highest BCUT2D eigenvalue weighted by molar-refractivity contribution is 6.02. The van der Waals surface area contributed by atoms with Gasteiger partial charge in [0.2, 0.25) is 0 Å². The maximum Gasteiger partial charge on any atom is 0.310 e. The second kappa shape index (κ2) is 5.73. The van der Waals surface area contributed by atoms with Gasteiger partial charge in [0.05, 0.1) is 18.6 Å². The molecule has 24 heavy (non-hydrogen) atoms. The Kier molecular flexibility index (Phi) is 3.42. The van der Waals surface area contributed by atoms with Gasteiger partial charge < -0.3 is 13.9 Å². The van der Waals surface area contributed by atoms with E-state index in [1.807, 2.05) is 6.07 Å². The molecule has 1 aliphatic rings. The number of rotatable bonds is 3. The lowest BCUT2D eigenvalue weighted by atomic mass is 10.0. The predicted molar refractivity (Wildman–Crippen MR) is 85.6 cm³/mol. The Morgan fingerprint density at radius 2 is 1.83 bits per heavy atom. The molecule has 2 aromatic heterocycles. The summed E-state index contributed by atoms with van der Waals surface area (Å²) in [5.74, 6) is 0.712. The molecule has 1 amide bonds. The van der Waals surface area contributed by atoms with Crippen molar-refractivity contribution in [1.82, 2.24) is 5.01 Å². The zero-order chi connectivity index (χ0) is 16.5. The summed E-state index contributed by atoms with van der Waals surface area (Å²) in [5.41, 5.74) is 1.57. The van der Waals surface area contributed by atoms with Crippen LogP contribution in [0.5, 0.6) is 5.75 Å². The molecule has 0 saturated carbocycles. The summed E-state index contributed by atoms with van der Waals surface area (Å²) < 4.78 is 10.6. The van der Waals surface area contributed by atoms with Crippen molar-refractivity contribution >= 4 is 11.6 Å². The molecule has 4 rings (SSSR count). The topological polar surface area (TPSA) is 79.2 Å². The SMILES string of the molecule is O=C(c1ccco1)N1N=C(c2ccco2)CC1c1ccc(O)cc1. The zero-order valence-electron chi connectivity index (χ0n) is 12.6. The maximum absolute atomic E-state index is 12.7. The molecule has 0 bridgehead atoms. The van der Waals surface area contributed by atoms with Gasteiger partial charge in [-0.2, -0.15) is 5.10 Å². The van der Waals surface area contributed by atoms with Gasteiger partial charge in [0.25, 0.3) is 0 Å². The van der Waals surface area contributed by atoms with E-state index >= 15 is 0 Å². The van der Waals surface area contributed by atoms with Gasteiger partial charge in [-0.15, -0.1) is 0 Å². The average molecular weight is 322 g/mol. The van der Waals surface area contributed by atoms with E-state index in [2.05, 4.69) is 5.10 Å². The molecule has 0 spiro atoms. The number of amides is 1. The smallest absolute Gasteiger partial charge is 0.310 e. The van der Waals surface area contributed by atoms with Crippen molar-refractivity contribution in [3.05, 3.63) is 78.1 Å². The third-order valence-electron chi connectivity index (χ3n) is 3.93. The molecule has 120 valence electrons. The molecule has 3 aromatic rings. The first kappa shape index (κ1) is 14.3. The first-order chi connectivity index (χ1) is 11.7. The van der Waals surface area contributed by atoms with Crippen molar-refractivity contribution in [3.63, 3.8) is 0 Å². The molecule has 1 aliphatic heterocycles. The third-order valence-corrected chi connectivity index (χ3v) is 3.93. The molecular formula is C18H14N2O4. The maximum atomic E-state index is 12.7. The Morgan fingerprint density at radius 3 is 2.50 bits per heavy atom. The highest BCUT2D eigenvalue weighted by Crippen LogP contribution is 2.34. The van der Waals surface area contributed by atoms with E-state index in [0.717, 1.165) is 5.56 Å². The normalized spacial score (nSPS) is 17.1. The number of phenols is 1. The minimum Gasteiger partial charge on any atom is -0.508 e. The van der Waals surface area contributed by atoms with Crippen molar-refractivity contribution in [3.8, 4) is 5.75 Å². The van der Waals surface area contributed by atoms with E-state index in [0.29, 0.717) is 17.9 Å². The Bertz CT molecular complexity index is 864. The van der Waals surface area contributed by atoms with Crippen LogP contribution >= 0.6 is 0 Å². The van der Waals surface area contributed by atoms with E-state index in [-0.39, 0.29) is 23.5 Å². The summed E-state index contributed by atoms with van der Waals surface area (Å²) in [4.78, 5) is 12.7. The fourth-order valence-electron chi connectivity index (χ4n) is 2.76. The van der Waals surface area contributed by atoms with Gasteiger partial charge in [-0.3, -0.25) is 4.79 Å². The van der Waals surface area contributed by atoms with Crippen LogP contribution < -0.4 is 0 Å². The molecule has 6 heteroatoms. The quantitative estimate of drug-likeness (QED) is 0.799. The number of hydrogen-bond acceptors (Lipinski definition) is 5. The average Bonchev–Trinajstić information content (AvgIpc) is 3.34. The fourth-order valence-corrected chi connectivity index (χ4v) is 2.76. The molecule has 1 atom stereocenters. The fraction of sp³-hybridized carbons (Fsp3) is 0.111. The van der Waals surface area contributed by atoms with Gasteiger partial charge in [0.15, 0.2) is 5.76 Å².